The van der Waals surface area contributed by atoms with Crippen molar-refractivity contribution in [1.82, 2.24) is 4.98 Å². The number of thioether (sulfide) groups is 1. The second kappa shape index (κ2) is 9.97. The third-order valence-electron chi connectivity index (χ3n) is 4.09. The van der Waals surface area contributed by atoms with Crippen molar-refractivity contribution in [2.75, 3.05) is 10.0 Å². The van der Waals surface area contributed by atoms with Gasteiger partial charge in [-0.3, -0.25) is 9.52 Å². The van der Waals surface area contributed by atoms with Gasteiger partial charge in [0.25, 0.3) is 10.0 Å². The van der Waals surface area contributed by atoms with Gasteiger partial charge in [-0.1, -0.05) is 24.6 Å². The summed E-state index contributed by atoms with van der Waals surface area (Å²) in [5.41, 5.74) is 0.520. The van der Waals surface area contributed by atoms with Crippen molar-refractivity contribution in [3.05, 3.63) is 77.9 Å². The normalized spacial score (nSPS) is 12.2. The molecule has 0 radical (unpaired) electrons. The van der Waals surface area contributed by atoms with Crippen molar-refractivity contribution in [3.63, 3.8) is 0 Å². The van der Waals surface area contributed by atoms with Crippen LogP contribution >= 0.6 is 23.4 Å². The average Bonchev–Trinajstić information content (AvgIpc) is 2.74. The van der Waals surface area contributed by atoms with E-state index < -0.39 is 10.0 Å². The SMILES string of the molecule is CCC(Sc1ccc(Cl)cc1)C(=O)Nc1ccc(S(=O)(=O)Nc2ccccn2)cc1. The Morgan fingerprint density at radius 2 is 1.77 bits per heavy atom. The fraction of sp³-hybridized carbons (Fsp3) is 0.143. The molecule has 1 aromatic heterocycles. The van der Waals surface area contributed by atoms with Gasteiger partial charge in [-0.05, 0) is 67.1 Å². The van der Waals surface area contributed by atoms with Gasteiger partial charge in [0.15, 0.2) is 0 Å². The van der Waals surface area contributed by atoms with Crippen LogP contribution < -0.4 is 10.0 Å². The predicted molar refractivity (Wildman–Crippen MR) is 122 cm³/mol. The highest BCUT2D eigenvalue weighted by Gasteiger charge is 2.19. The topological polar surface area (TPSA) is 88.2 Å². The Kier molecular flexibility index (Phi) is 7.36. The van der Waals surface area contributed by atoms with E-state index in [1.807, 2.05) is 19.1 Å². The summed E-state index contributed by atoms with van der Waals surface area (Å²) in [7, 11) is -3.76. The molecule has 9 heteroatoms. The number of halogens is 1. The van der Waals surface area contributed by atoms with Gasteiger partial charge in [-0.15, -0.1) is 11.8 Å². The minimum absolute atomic E-state index is 0.0775. The monoisotopic (exact) mass is 461 g/mol. The molecule has 30 heavy (non-hydrogen) atoms. The summed E-state index contributed by atoms with van der Waals surface area (Å²) in [6.45, 7) is 1.94. The third-order valence-corrected chi connectivity index (χ3v) is 7.09. The van der Waals surface area contributed by atoms with Gasteiger partial charge in [0.1, 0.15) is 5.82 Å². The molecule has 1 amide bonds. The Labute approximate surface area is 185 Å². The molecule has 0 aliphatic heterocycles. The number of nitrogens with one attached hydrogen (secondary N) is 2. The van der Waals surface area contributed by atoms with E-state index in [0.29, 0.717) is 17.1 Å². The van der Waals surface area contributed by atoms with Crippen LogP contribution in [0.4, 0.5) is 11.5 Å². The van der Waals surface area contributed by atoms with Crippen LogP contribution in [0.3, 0.4) is 0 Å². The van der Waals surface area contributed by atoms with Crippen molar-refractivity contribution in [2.24, 2.45) is 0 Å². The Balaban J connectivity index is 1.65. The number of carbonyl (C=O) groups excluding carboxylic acids is 1. The third kappa shape index (κ3) is 5.98. The number of carbonyl (C=O) groups is 1. The second-order valence-electron chi connectivity index (χ2n) is 6.30. The summed E-state index contributed by atoms with van der Waals surface area (Å²) in [6, 6.07) is 18.3. The molecule has 0 fully saturated rings. The highest BCUT2D eigenvalue weighted by Crippen LogP contribution is 2.28. The molecule has 0 aliphatic carbocycles. The Morgan fingerprint density at radius 1 is 1.07 bits per heavy atom. The minimum atomic E-state index is -3.76. The van der Waals surface area contributed by atoms with Gasteiger partial charge in [0.05, 0.1) is 10.1 Å². The van der Waals surface area contributed by atoms with Crippen molar-refractivity contribution >= 4 is 50.8 Å². The number of benzene rings is 2. The Hall–Kier alpha value is -2.55. The van der Waals surface area contributed by atoms with Crippen molar-refractivity contribution < 1.29 is 13.2 Å². The van der Waals surface area contributed by atoms with Crippen molar-refractivity contribution in [3.8, 4) is 0 Å². The number of hydrogen-bond donors (Lipinski definition) is 2. The number of amides is 1. The summed E-state index contributed by atoms with van der Waals surface area (Å²) in [4.78, 5) is 17.6. The molecule has 0 bridgehead atoms. The van der Waals surface area contributed by atoms with Crippen LogP contribution in [-0.2, 0) is 14.8 Å². The lowest BCUT2D eigenvalue weighted by atomic mass is 10.3. The van der Waals surface area contributed by atoms with Crippen LogP contribution in [0.5, 0.6) is 0 Å². The number of sulfonamides is 1. The van der Waals surface area contributed by atoms with Gasteiger partial charge >= 0.3 is 0 Å². The number of aromatic nitrogens is 1. The van der Waals surface area contributed by atoms with Gasteiger partial charge in [-0.25, -0.2) is 13.4 Å². The zero-order chi connectivity index (χ0) is 21.6. The zero-order valence-corrected chi connectivity index (χ0v) is 18.5. The lowest BCUT2D eigenvalue weighted by Gasteiger charge is -2.15. The number of rotatable bonds is 8. The van der Waals surface area contributed by atoms with E-state index in [-0.39, 0.29) is 21.9 Å². The first kappa shape index (κ1) is 22.1. The maximum atomic E-state index is 12.6. The molecular formula is C21H20ClN3O3S2. The Bertz CT molecular complexity index is 1090. The number of nitrogens with zero attached hydrogens (tertiary/aromatic N) is 1. The number of pyridine rings is 1. The summed E-state index contributed by atoms with van der Waals surface area (Å²) in [5.74, 6) is 0.0829. The molecule has 2 aromatic carbocycles. The number of anilines is 2. The zero-order valence-electron chi connectivity index (χ0n) is 16.1. The first-order chi connectivity index (χ1) is 14.4. The standard InChI is InChI=1S/C21H20ClN3O3S2/c1-2-19(29-17-10-6-15(22)7-11-17)21(26)24-16-8-12-18(13-9-16)30(27,28)25-20-5-3-4-14-23-20/h3-14,19H,2H2,1H3,(H,23,25)(H,24,26). The summed E-state index contributed by atoms with van der Waals surface area (Å²) >= 11 is 7.35. The lowest BCUT2D eigenvalue weighted by Crippen LogP contribution is -2.24. The molecule has 156 valence electrons. The molecule has 1 unspecified atom stereocenters. The number of hydrogen-bond acceptors (Lipinski definition) is 5. The molecule has 3 aromatic rings. The van der Waals surface area contributed by atoms with Crippen LogP contribution in [-0.4, -0.2) is 24.6 Å². The maximum absolute atomic E-state index is 12.6. The maximum Gasteiger partial charge on any atom is 0.263 e. The fourth-order valence-electron chi connectivity index (χ4n) is 2.56. The predicted octanol–water partition coefficient (Wildman–Crippen LogP) is 5.05. The first-order valence-corrected chi connectivity index (χ1v) is 11.9. The van der Waals surface area contributed by atoms with Crippen molar-refractivity contribution in [2.45, 2.75) is 28.4 Å². The molecule has 0 aliphatic rings. The molecule has 0 saturated carbocycles. The highest BCUT2D eigenvalue weighted by atomic mass is 35.5. The first-order valence-electron chi connectivity index (χ1n) is 9.14. The Morgan fingerprint density at radius 3 is 2.37 bits per heavy atom. The van der Waals surface area contributed by atoms with Gasteiger partial charge in [-0.2, -0.15) is 0 Å². The van der Waals surface area contributed by atoms with Crippen LogP contribution in [0, 0.1) is 0 Å². The molecule has 0 saturated heterocycles. The minimum Gasteiger partial charge on any atom is -0.325 e. The van der Waals surface area contributed by atoms with E-state index >= 15 is 0 Å². The van der Waals surface area contributed by atoms with E-state index in [9.17, 15) is 13.2 Å². The highest BCUT2D eigenvalue weighted by molar-refractivity contribution is 8.00. The summed E-state index contributed by atoms with van der Waals surface area (Å²) in [5, 5.41) is 3.19. The van der Waals surface area contributed by atoms with Crippen LogP contribution in [0.15, 0.2) is 82.7 Å². The van der Waals surface area contributed by atoms with Gasteiger partial charge in [0, 0.05) is 21.8 Å². The van der Waals surface area contributed by atoms with Crippen LogP contribution in [0.2, 0.25) is 5.02 Å². The molecule has 3 rings (SSSR count). The summed E-state index contributed by atoms with van der Waals surface area (Å²) in [6.07, 6.45) is 2.14. The molecule has 2 N–H and O–H groups in total. The van der Waals surface area contributed by atoms with Gasteiger partial charge in [0.2, 0.25) is 5.91 Å². The fourth-order valence-corrected chi connectivity index (χ4v) is 4.65. The summed E-state index contributed by atoms with van der Waals surface area (Å²) < 4.78 is 27.3. The average molecular weight is 462 g/mol. The van der Waals surface area contributed by atoms with Crippen LogP contribution in [0.25, 0.3) is 0 Å². The molecule has 0 spiro atoms. The van der Waals surface area contributed by atoms with E-state index in [1.54, 1.807) is 42.5 Å². The molecule has 1 heterocycles. The van der Waals surface area contributed by atoms with E-state index in [2.05, 4.69) is 15.0 Å². The largest absolute Gasteiger partial charge is 0.325 e. The van der Waals surface area contributed by atoms with E-state index in [0.717, 1.165) is 4.90 Å². The quantitative estimate of drug-likeness (QED) is 0.458. The van der Waals surface area contributed by atoms with Crippen molar-refractivity contribution in [1.29, 1.82) is 0 Å². The molecular weight excluding hydrogens is 442 g/mol. The van der Waals surface area contributed by atoms with E-state index in [4.69, 9.17) is 11.6 Å². The molecule has 6 nitrogen and oxygen atoms in total. The van der Waals surface area contributed by atoms with Gasteiger partial charge < -0.3 is 5.32 Å². The van der Waals surface area contributed by atoms with Crippen LogP contribution in [0.1, 0.15) is 13.3 Å². The van der Waals surface area contributed by atoms with E-state index in [1.165, 1.54) is 30.1 Å². The molecule has 1 atom stereocenters. The lowest BCUT2D eigenvalue weighted by molar-refractivity contribution is -0.115. The smallest absolute Gasteiger partial charge is 0.263 e. The second-order valence-corrected chi connectivity index (χ2v) is 9.70.